The summed E-state index contributed by atoms with van der Waals surface area (Å²) in [6, 6.07) is 5.89. The van der Waals surface area contributed by atoms with Crippen LogP contribution < -0.4 is 15.4 Å². The lowest BCUT2D eigenvalue weighted by Crippen LogP contribution is -2.46. The van der Waals surface area contributed by atoms with Crippen molar-refractivity contribution in [3.63, 3.8) is 0 Å². The highest BCUT2D eigenvalue weighted by molar-refractivity contribution is 5.98. The largest absolute Gasteiger partial charge is 0.497 e. The Morgan fingerprint density at radius 2 is 2.21 bits per heavy atom. The van der Waals surface area contributed by atoms with Crippen molar-refractivity contribution < 1.29 is 9.53 Å². The van der Waals surface area contributed by atoms with Gasteiger partial charge in [0.15, 0.2) is 0 Å². The van der Waals surface area contributed by atoms with Crippen molar-refractivity contribution >= 4 is 11.6 Å². The van der Waals surface area contributed by atoms with E-state index < -0.39 is 5.41 Å². The van der Waals surface area contributed by atoms with Crippen molar-refractivity contribution in [1.29, 1.82) is 0 Å². The molecule has 4 nitrogen and oxygen atoms in total. The molecule has 1 heterocycles. The number of methoxy groups -OCH3 is 1. The standard InChI is InChI=1S/C15H22N2O2/c1-15(2,10-16)14(18)17-8-4-5-11-9-12(19-3)6-7-13(11)17/h6-7,9H,4-5,8,10,16H2,1-3H3. The van der Waals surface area contributed by atoms with E-state index in [1.54, 1.807) is 7.11 Å². The van der Waals surface area contributed by atoms with E-state index in [0.29, 0.717) is 6.54 Å². The fraction of sp³-hybridized carbons (Fsp3) is 0.533. The second kappa shape index (κ2) is 5.21. The lowest BCUT2D eigenvalue weighted by molar-refractivity contribution is -0.126. The minimum absolute atomic E-state index is 0.0983. The zero-order chi connectivity index (χ0) is 14.0. The van der Waals surface area contributed by atoms with Crippen LogP contribution in [0.25, 0.3) is 0 Å². The minimum atomic E-state index is -0.519. The molecule has 2 N–H and O–H groups in total. The molecule has 0 spiro atoms. The number of hydrogen-bond donors (Lipinski definition) is 1. The monoisotopic (exact) mass is 262 g/mol. The molecule has 1 aliphatic rings. The smallest absolute Gasteiger partial charge is 0.233 e. The molecular formula is C15H22N2O2. The van der Waals surface area contributed by atoms with Crippen molar-refractivity contribution in [2.75, 3.05) is 25.1 Å². The zero-order valence-corrected chi connectivity index (χ0v) is 11.9. The van der Waals surface area contributed by atoms with Gasteiger partial charge in [0.25, 0.3) is 0 Å². The second-order valence-corrected chi connectivity index (χ2v) is 5.64. The van der Waals surface area contributed by atoms with Crippen LogP contribution in [0.3, 0.4) is 0 Å². The Labute approximate surface area is 114 Å². The molecule has 0 bridgehead atoms. The highest BCUT2D eigenvalue weighted by Gasteiger charge is 2.33. The van der Waals surface area contributed by atoms with Crippen LogP contribution in [0.15, 0.2) is 18.2 Å². The van der Waals surface area contributed by atoms with Crippen LogP contribution in [0.4, 0.5) is 5.69 Å². The molecule has 0 saturated heterocycles. The van der Waals surface area contributed by atoms with Crippen LogP contribution in [0.2, 0.25) is 0 Å². The number of ether oxygens (including phenoxy) is 1. The van der Waals surface area contributed by atoms with E-state index in [0.717, 1.165) is 30.8 Å². The van der Waals surface area contributed by atoms with Crippen molar-refractivity contribution in [1.82, 2.24) is 0 Å². The molecule has 0 aliphatic carbocycles. The summed E-state index contributed by atoms with van der Waals surface area (Å²) >= 11 is 0. The van der Waals surface area contributed by atoms with Gasteiger partial charge in [0, 0.05) is 18.8 Å². The lowest BCUT2D eigenvalue weighted by atomic mass is 9.90. The summed E-state index contributed by atoms with van der Waals surface area (Å²) in [4.78, 5) is 14.4. The van der Waals surface area contributed by atoms with Gasteiger partial charge in [-0.1, -0.05) is 0 Å². The average Bonchev–Trinajstić information content (AvgIpc) is 2.45. The maximum absolute atomic E-state index is 12.6. The van der Waals surface area contributed by atoms with E-state index in [-0.39, 0.29) is 5.91 Å². The number of nitrogens with two attached hydrogens (primary N) is 1. The van der Waals surface area contributed by atoms with Crippen molar-refractivity contribution in [3.8, 4) is 5.75 Å². The molecule has 0 saturated carbocycles. The normalized spacial score (nSPS) is 15.1. The topological polar surface area (TPSA) is 55.6 Å². The molecule has 1 aliphatic heterocycles. The molecular weight excluding hydrogens is 240 g/mol. The summed E-state index contributed by atoms with van der Waals surface area (Å²) in [6.07, 6.45) is 1.96. The van der Waals surface area contributed by atoms with E-state index in [1.165, 1.54) is 5.56 Å². The Morgan fingerprint density at radius 1 is 1.47 bits per heavy atom. The maximum atomic E-state index is 12.6. The number of anilines is 1. The minimum Gasteiger partial charge on any atom is -0.497 e. The molecule has 104 valence electrons. The van der Waals surface area contributed by atoms with Gasteiger partial charge in [-0.25, -0.2) is 0 Å². The first kappa shape index (κ1) is 13.9. The summed E-state index contributed by atoms with van der Waals surface area (Å²) < 4.78 is 5.24. The van der Waals surface area contributed by atoms with Gasteiger partial charge >= 0.3 is 0 Å². The first-order valence-electron chi connectivity index (χ1n) is 6.68. The number of aryl methyl sites for hydroxylation is 1. The SMILES string of the molecule is COc1ccc2c(c1)CCCN2C(=O)C(C)(C)CN. The molecule has 0 aromatic heterocycles. The summed E-state index contributed by atoms with van der Waals surface area (Å²) in [5.41, 5.74) is 7.36. The number of amides is 1. The fourth-order valence-electron chi connectivity index (χ4n) is 2.36. The summed E-state index contributed by atoms with van der Waals surface area (Å²) in [7, 11) is 1.66. The molecule has 1 aromatic carbocycles. The number of carbonyl (C=O) groups excluding carboxylic acids is 1. The van der Waals surface area contributed by atoms with Gasteiger partial charge in [-0.3, -0.25) is 4.79 Å². The number of benzene rings is 1. The molecule has 0 atom stereocenters. The average molecular weight is 262 g/mol. The van der Waals surface area contributed by atoms with Crippen LogP contribution >= 0.6 is 0 Å². The number of fused-ring (bicyclic) bond motifs is 1. The molecule has 0 fully saturated rings. The van der Waals surface area contributed by atoms with Gasteiger partial charge in [0.1, 0.15) is 5.75 Å². The Balaban J connectivity index is 2.35. The first-order chi connectivity index (χ1) is 8.99. The third-order valence-electron chi connectivity index (χ3n) is 3.74. The molecule has 4 heteroatoms. The summed E-state index contributed by atoms with van der Waals surface area (Å²) in [5, 5.41) is 0. The van der Waals surface area contributed by atoms with Gasteiger partial charge in [-0.15, -0.1) is 0 Å². The third kappa shape index (κ3) is 2.59. The van der Waals surface area contributed by atoms with Crippen molar-refractivity contribution in [2.24, 2.45) is 11.1 Å². The van der Waals surface area contributed by atoms with Gasteiger partial charge in [-0.2, -0.15) is 0 Å². The quantitative estimate of drug-likeness (QED) is 0.906. The van der Waals surface area contributed by atoms with Gasteiger partial charge in [-0.05, 0) is 50.5 Å². The van der Waals surface area contributed by atoms with Crippen LogP contribution in [-0.2, 0) is 11.2 Å². The van der Waals surface area contributed by atoms with E-state index >= 15 is 0 Å². The van der Waals surface area contributed by atoms with E-state index in [1.807, 2.05) is 36.9 Å². The van der Waals surface area contributed by atoms with Gasteiger partial charge in [0.2, 0.25) is 5.91 Å². The number of nitrogens with zero attached hydrogens (tertiary/aromatic N) is 1. The highest BCUT2D eigenvalue weighted by atomic mass is 16.5. The van der Waals surface area contributed by atoms with Crippen LogP contribution in [-0.4, -0.2) is 26.1 Å². The third-order valence-corrected chi connectivity index (χ3v) is 3.74. The Kier molecular flexibility index (Phi) is 3.80. The van der Waals surface area contributed by atoms with E-state index in [9.17, 15) is 4.79 Å². The predicted molar refractivity (Wildman–Crippen MR) is 76.5 cm³/mol. The molecule has 0 radical (unpaired) electrons. The number of rotatable bonds is 3. The van der Waals surface area contributed by atoms with Crippen molar-refractivity contribution in [3.05, 3.63) is 23.8 Å². The second-order valence-electron chi connectivity index (χ2n) is 5.64. The fourth-order valence-corrected chi connectivity index (χ4v) is 2.36. The van der Waals surface area contributed by atoms with Crippen LogP contribution in [0, 0.1) is 5.41 Å². The van der Waals surface area contributed by atoms with Crippen LogP contribution in [0.1, 0.15) is 25.8 Å². The first-order valence-corrected chi connectivity index (χ1v) is 6.68. The molecule has 2 rings (SSSR count). The van der Waals surface area contributed by atoms with Gasteiger partial charge < -0.3 is 15.4 Å². The molecule has 1 aromatic rings. The maximum Gasteiger partial charge on any atom is 0.233 e. The Bertz CT molecular complexity index is 483. The summed E-state index contributed by atoms with van der Waals surface area (Å²) in [6.45, 7) is 4.91. The molecule has 19 heavy (non-hydrogen) atoms. The number of hydrogen-bond acceptors (Lipinski definition) is 3. The molecule has 0 unspecified atom stereocenters. The Hall–Kier alpha value is -1.55. The highest BCUT2D eigenvalue weighted by Crippen LogP contribution is 2.33. The van der Waals surface area contributed by atoms with Crippen molar-refractivity contribution in [2.45, 2.75) is 26.7 Å². The van der Waals surface area contributed by atoms with Gasteiger partial charge in [0.05, 0.1) is 12.5 Å². The Morgan fingerprint density at radius 3 is 2.84 bits per heavy atom. The molecule has 1 amide bonds. The summed E-state index contributed by atoms with van der Waals surface area (Å²) in [5.74, 6) is 0.937. The van der Waals surface area contributed by atoms with Crippen LogP contribution in [0.5, 0.6) is 5.75 Å². The van der Waals surface area contributed by atoms with E-state index in [4.69, 9.17) is 10.5 Å². The zero-order valence-electron chi connectivity index (χ0n) is 11.9. The van der Waals surface area contributed by atoms with E-state index in [2.05, 4.69) is 0 Å². The predicted octanol–water partition coefficient (Wildman–Crippen LogP) is 1.96. The lowest BCUT2D eigenvalue weighted by Gasteiger charge is -2.35. The number of carbonyl (C=O) groups is 1.